The van der Waals surface area contributed by atoms with E-state index in [1.165, 1.54) is 10.7 Å². The predicted molar refractivity (Wildman–Crippen MR) is 56.0 cm³/mol. The lowest BCUT2D eigenvalue weighted by Gasteiger charge is -2.35. The minimum Gasteiger partial charge on any atom is -0.273 e. The van der Waals surface area contributed by atoms with E-state index < -0.39 is 0 Å². The molecule has 14 heavy (non-hydrogen) atoms. The Labute approximate surface area is 84.5 Å². The summed E-state index contributed by atoms with van der Waals surface area (Å²) in [5.74, 6) is 0. The summed E-state index contributed by atoms with van der Waals surface area (Å²) in [5.41, 5.74) is 2.00. The molecule has 0 aromatic heterocycles. The Bertz CT molecular complexity index is 343. The fraction of sp³-hybridized carbons (Fsp3) is 0.455. The number of hydrogen-bond donors (Lipinski definition) is 1. The summed E-state index contributed by atoms with van der Waals surface area (Å²) in [6.45, 7) is 7.03. The standard InChI is InChI=1S/C11H16N2O/c1-11(2,3)12-8-9-6-4-5-7-10(9)13(12)14/h4-7,14H,8H2,1-3H3. The van der Waals surface area contributed by atoms with Crippen molar-refractivity contribution in [1.29, 1.82) is 0 Å². The smallest absolute Gasteiger partial charge is 0.0869 e. The van der Waals surface area contributed by atoms with E-state index in [9.17, 15) is 5.21 Å². The number of benzene rings is 1. The van der Waals surface area contributed by atoms with Gasteiger partial charge >= 0.3 is 0 Å². The lowest BCUT2D eigenvalue weighted by Crippen LogP contribution is -2.47. The van der Waals surface area contributed by atoms with Crippen LogP contribution in [-0.4, -0.2) is 15.8 Å². The van der Waals surface area contributed by atoms with Crippen molar-refractivity contribution in [3.8, 4) is 0 Å². The first-order valence-electron chi connectivity index (χ1n) is 4.84. The first-order valence-corrected chi connectivity index (χ1v) is 4.84. The summed E-state index contributed by atoms with van der Waals surface area (Å²) >= 11 is 0. The van der Waals surface area contributed by atoms with Gasteiger partial charge in [-0.1, -0.05) is 18.2 Å². The number of nitrogens with zero attached hydrogens (tertiary/aromatic N) is 2. The maximum atomic E-state index is 9.94. The average molecular weight is 192 g/mol. The highest BCUT2D eigenvalue weighted by atomic mass is 16.6. The highest BCUT2D eigenvalue weighted by molar-refractivity contribution is 5.54. The molecule has 1 aromatic carbocycles. The van der Waals surface area contributed by atoms with Crippen LogP contribution in [-0.2, 0) is 6.54 Å². The van der Waals surface area contributed by atoms with Crippen molar-refractivity contribution in [3.05, 3.63) is 29.8 Å². The van der Waals surface area contributed by atoms with Crippen LogP contribution >= 0.6 is 0 Å². The molecule has 1 aromatic rings. The van der Waals surface area contributed by atoms with Gasteiger partial charge in [-0.3, -0.25) is 5.21 Å². The van der Waals surface area contributed by atoms with E-state index in [1.54, 1.807) is 0 Å². The van der Waals surface area contributed by atoms with Crippen molar-refractivity contribution in [3.63, 3.8) is 0 Å². The molecule has 1 aliphatic heterocycles. The van der Waals surface area contributed by atoms with Crippen LogP contribution in [0.15, 0.2) is 24.3 Å². The fourth-order valence-electron chi connectivity index (χ4n) is 1.72. The Balaban J connectivity index is 2.35. The van der Waals surface area contributed by atoms with Crippen LogP contribution in [0.25, 0.3) is 0 Å². The van der Waals surface area contributed by atoms with Crippen molar-refractivity contribution in [2.45, 2.75) is 32.9 Å². The van der Waals surface area contributed by atoms with Gasteiger partial charge in [0.05, 0.1) is 5.69 Å². The molecule has 3 heteroatoms. The zero-order chi connectivity index (χ0) is 10.3. The zero-order valence-electron chi connectivity index (χ0n) is 8.86. The molecule has 1 N–H and O–H groups in total. The minimum atomic E-state index is -0.0617. The Kier molecular flexibility index (Phi) is 2.01. The van der Waals surface area contributed by atoms with Gasteiger partial charge in [0.2, 0.25) is 0 Å². The molecule has 0 fully saturated rings. The van der Waals surface area contributed by atoms with Crippen molar-refractivity contribution in [2.24, 2.45) is 0 Å². The number of rotatable bonds is 0. The third-order valence-electron chi connectivity index (χ3n) is 2.53. The van der Waals surface area contributed by atoms with Crippen molar-refractivity contribution in [2.75, 3.05) is 5.17 Å². The van der Waals surface area contributed by atoms with Gasteiger partial charge in [0, 0.05) is 12.1 Å². The largest absolute Gasteiger partial charge is 0.273 e. The van der Waals surface area contributed by atoms with Gasteiger partial charge < -0.3 is 0 Å². The topological polar surface area (TPSA) is 26.7 Å². The molecule has 0 aliphatic carbocycles. The average Bonchev–Trinajstić information content (AvgIpc) is 2.44. The first kappa shape index (κ1) is 9.49. The van der Waals surface area contributed by atoms with Crippen LogP contribution in [0.2, 0.25) is 0 Å². The van der Waals surface area contributed by atoms with E-state index >= 15 is 0 Å². The number of anilines is 1. The maximum Gasteiger partial charge on any atom is 0.0869 e. The van der Waals surface area contributed by atoms with E-state index in [-0.39, 0.29) is 5.54 Å². The van der Waals surface area contributed by atoms with Crippen LogP contribution in [0, 0.1) is 0 Å². The highest BCUT2D eigenvalue weighted by Crippen LogP contribution is 2.33. The normalized spacial score (nSPS) is 17.3. The summed E-state index contributed by atoms with van der Waals surface area (Å²) in [4.78, 5) is 0. The van der Waals surface area contributed by atoms with Gasteiger partial charge in [-0.15, -0.1) is 0 Å². The van der Waals surface area contributed by atoms with Crippen LogP contribution in [0.5, 0.6) is 0 Å². The van der Waals surface area contributed by atoms with Gasteiger partial charge in [-0.2, -0.15) is 10.2 Å². The molecular weight excluding hydrogens is 176 g/mol. The van der Waals surface area contributed by atoms with E-state index in [2.05, 4.69) is 20.8 Å². The van der Waals surface area contributed by atoms with Crippen LogP contribution in [0.3, 0.4) is 0 Å². The lowest BCUT2D eigenvalue weighted by molar-refractivity contribution is 0.00734. The molecule has 0 saturated heterocycles. The summed E-state index contributed by atoms with van der Waals surface area (Å²) < 4.78 is 0. The first-order chi connectivity index (χ1) is 6.50. The molecule has 2 rings (SSSR count). The lowest BCUT2D eigenvalue weighted by atomic mass is 10.1. The number of hydrazine groups is 1. The molecule has 3 nitrogen and oxygen atoms in total. The number of para-hydroxylation sites is 1. The fourth-order valence-corrected chi connectivity index (χ4v) is 1.72. The highest BCUT2D eigenvalue weighted by Gasteiger charge is 2.33. The quantitative estimate of drug-likeness (QED) is 0.683. The van der Waals surface area contributed by atoms with Gasteiger partial charge in [0.15, 0.2) is 0 Å². The van der Waals surface area contributed by atoms with Crippen molar-refractivity contribution < 1.29 is 5.21 Å². The van der Waals surface area contributed by atoms with Gasteiger partial charge in [-0.25, -0.2) is 0 Å². The molecule has 0 amide bonds. The van der Waals surface area contributed by atoms with Gasteiger partial charge in [0.1, 0.15) is 0 Å². The molecule has 0 radical (unpaired) electrons. The Morgan fingerprint density at radius 3 is 2.43 bits per heavy atom. The Morgan fingerprint density at radius 2 is 1.86 bits per heavy atom. The zero-order valence-corrected chi connectivity index (χ0v) is 8.86. The van der Waals surface area contributed by atoms with Crippen LogP contribution in [0.4, 0.5) is 5.69 Å². The van der Waals surface area contributed by atoms with Crippen LogP contribution in [0.1, 0.15) is 26.3 Å². The Hall–Kier alpha value is -1.06. The van der Waals surface area contributed by atoms with Crippen LogP contribution < -0.4 is 5.17 Å². The molecular formula is C11H16N2O. The van der Waals surface area contributed by atoms with E-state index in [0.717, 1.165) is 12.2 Å². The summed E-state index contributed by atoms with van der Waals surface area (Å²) in [5, 5.41) is 13.1. The molecule has 1 aliphatic rings. The van der Waals surface area contributed by atoms with E-state index in [0.29, 0.717) is 0 Å². The molecule has 1 heterocycles. The Morgan fingerprint density at radius 1 is 1.21 bits per heavy atom. The van der Waals surface area contributed by atoms with Gasteiger partial charge in [0.25, 0.3) is 0 Å². The van der Waals surface area contributed by atoms with Crippen molar-refractivity contribution in [1.82, 2.24) is 5.01 Å². The summed E-state index contributed by atoms with van der Waals surface area (Å²) in [6.07, 6.45) is 0. The minimum absolute atomic E-state index is 0.0617. The van der Waals surface area contributed by atoms with Gasteiger partial charge in [-0.05, 0) is 32.4 Å². The second-order valence-corrected chi connectivity index (χ2v) is 4.65. The third kappa shape index (κ3) is 1.38. The number of hydrogen-bond acceptors (Lipinski definition) is 3. The SMILES string of the molecule is CC(C)(C)N1Cc2ccccc2N1O. The molecule has 0 bridgehead atoms. The molecule has 0 spiro atoms. The number of fused-ring (bicyclic) bond motifs is 1. The molecule has 76 valence electrons. The summed E-state index contributed by atoms with van der Waals surface area (Å²) in [7, 11) is 0. The third-order valence-corrected chi connectivity index (χ3v) is 2.53. The van der Waals surface area contributed by atoms with E-state index in [1.807, 2.05) is 29.3 Å². The van der Waals surface area contributed by atoms with E-state index in [4.69, 9.17) is 0 Å². The van der Waals surface area contributed by atoms with Crippen molar-refractivity contribution >= 4 is 5.69 Å². The predicted octanol–water partition coefficient (Wildman–Crippen LogP) is 2.41. The molecule has 0 atom stereocenters. The molecule has 0 unspecified atom stereocenters. The second-order valence-electron chi connectivity index (χ2n) is 4.65. The second kappa shape index (κ2) is 2.97. The monoisotopic (exact) mass is 192 g/mol. The maximum absolute atomic E-state index is 9.94. The molecule has 0 saturated carbocycles. The summed E-state index contributed by atoms with van der Waals surface area (Å²) in [6, 6.07) is 7.92.